The number of amides is 1. The van der Waals surface area contributed by atoms with E-state index < -0.39 is 0 Å². The molecule has 2 rings (SSSR count). The zero-order valence-corrected chi connectivity index (χ0v) is 12.9. The van der Waals surface area contributed by atoms with Crippen LogP contribution in [0.3, 0.4) is 0 Å². The van der Waals surface area contributed by atoms with Gasteiger partial charge in [0.15, 0.2) is 11.5 Å². The summed E-state index contributed by atoms with van der Waals surface area (Å²) in [6.07, 6.45) is 1.33. The summed E-state index contributed by atoms with van der Waals surface area (Å²) >= 11 is 0. The van der Waals surface area contributed by atoms with Crippen molar-refractivity contribution in [2.24, 2.45) is 0 Å². The first-order valence-corrected chi connectivity index (χ1v) is 7.24. The number of hydrogen-bond donors (Lipinski definition) is 0. The van der Waals surface area contributed by atoms with Gasteiger partial charge in [0.2, 0.25) is 5.91 Å². The van der Waals surface area contributed by atoms with E-state index >= 15 is 0 Å². The second-order valence-electron chi connectivity index (χ2n) is 5.21. The summed E-state index contributed by atoms with van der Waals surface area (Å²) in [7, 11) is 3.22. The van der Waals surface area contributed by atoms with Crippen molar-refractivity contribution in [2.75, 3.05) is 33.9 Å². The van der Waals surface area contributed by atoms with E-state index in [1.807, 2.05) is 30.0 Å². The maximum atomic E-state index is 12.2. The molecule has 0 aromatic heterocycles. The number of ether oxygens (including phenoxy) is 3. The predicted molar refractivity (Wildman–Crippen MR) is 79.9 cm³/mol. The quantitative estimate of drug-likeness (QED) is 0.832. The average molecular weight is 293 g/mol. The number of aryl methyl sites for hydroxylation is 1. The first-order valence-electron chi connectivity index (χ1n) is 7.24. The van der Waals surface area contributed by atoms with Gasteiger partial charge in [-0.2, -0.15) is 0 Å². The molecule has 0 aliphatic carbocycles. The first kappa shape index (κ1) is 15.6. The molecule has 1 atom stereocenters. The zero-order valence-electron chi connectivity index (χ0n) is 12.9. The molecule has 21 heavy (non-hydrogen) atoms. The third-order valence-corrected chi connectivity index (χ3v) is 3.67. The lowest BCUT2D eigenvalue weighted by Gasteiger charge is -2.31. The van der Waals surface area contributed by atoms with E-state index in [1.165, 1.54) is 0 Å². The fraction of sp³-hybridized carbons (Fsp3) is 0.562. The molecule has 0 bridgehead atoms. The molecule has 1 heterocycles. The van der Waals surface area contributed by atoms with Crippen LogP contribution in [0.1, 0.15) is 18.9 Å². The third kappa shape index (κ3) is 4.11. The van der Waals surface area contributed by atoms with Crippen LogP contribution < -0.4 is 9.47 Å². The van der Waals surface area contributed by atoms with Crippen molar-refractivity contribution in [3.63, 3.8) is 0 Å². The van der Waals surface area contributed by atoms with E-state index in [1.54, 1.807) is 14.2 Å². The van der Waals surface area contributed by atoms with Gasteiger partial charge in [-0.25, -0.2) is 0 Å². The number of carbonyl (C=O) groups excluding carboxylic acids is 1. The average Bonchev–Trinajstić information content (AvgIpc) is 2.52. The second kappa shape index (κ2) is 7.31. The molecular formula is C16H23NO4. The van der Waals surface area contributed by atoms with Crippen LogP contribution in [0, 0.1) is 0 Å². The van der Waals surface area contributed by atoms with Gasteiger partial charge >= 0.3 is 0 Å². The number of methoxy groups -OCH3 is 2. The summed E-state index contributed by atoms with van der Waals surface area (Å²) < 4.78 is 15.9. The number of nitrogens with zero attached hydrogens (tertiary/aromatic N) is 1. The first-order chi connectivity index (χ1) is 10.1. The molecule has 0 N–H and O–H groups in total. The van der Waals surface area contributed by atoms with E-state index in [4.69, 9.17) is 14.2 Å². The van der Waals surface area contributed by atoms with Crippen LogP contribution >= 0.6 is 0 Å². The molecule has 1 fully saturated rings. The highest BCUT2D eigenvalue weighted by Crippen LogP contribution is 2.28. The normalized spacial score (nSPS) is 18.4. The third-order valence-electron chi connectivity index (χ3n) is 3.67. The number of rotatable bonds is 5. The summed E-state index contributed by atoms with van der Waals surface area (Å²) in [5.41, 5.74) is 1.07. The molecule has 1 aliphatic heterocycles. The zero-order chi connectivity index (χ0) is 15.2. The summed E-state index contributed by atoms with van der Waals surface area (Å²) in [4.78, 5) is 14.1. The monoisotopic (exact) mass is 293 g/mol. The molecule has 0 saturated carbocycles. The highest BCUT2D eigenvalue weighted by molar-refractivity contribution is 5.76. The summed E-state index contributed by atoms with van der Waals surface area (Å²) in [5.74, 6) is 1.58. The lowest BCUT2D eigenvalue weighted by molar-refractivity contribution is -0.138. The van der Waals surface area contributed by atoms with Gasteiger partial charge in [-0.1, -0.05) is 6.07 Å². The Morgan fingerprint density at radius 2 is 2.10 bits per heavy atom. The van der Waals surface area contributed by atoms with Gasteiger partial charge in [0, 0.05) is 19.5 Å². The molecule has 5 nitrogen and oxygen atoms in total. The smallest absolute Gasteiger partial charge is 0.223 e. The van der Waals surface area contributed by atoms with Crippen molar-refractivity contribution < 1.29 is 19.0 Å². The Labute approximate surface area is 125 Å². The summed E-state index contributed by atoms with van der Waals surface area (Å²) in [6.45, 7) is 4.00. The van der Waals surface area contributed by atoms with Crippen molar-refractivity contribution in [3.8, 4) is 11.5 Å². The van der Waals surface area contributed by atoms with Crippen LogP contribution in [0.25, 0.3) is 0 Å². The van der Waals surface area contributed by atoms with Gasteiger partial charge in [-0.05, 0) is 31.0 Å². The van der Waals surface area contributed by atoms with Crippen LogP contribution in [-0.2, 0) is 16.0 Å². The Morgan fingerprint density at radius 3 is 2.76 bits per heavy atom. The van der Waals surface area contributed by atoms with Gasteiger partial charge in [-0.3, -0.25) is 4.79 Å². The SMILES string of the molecule is COc1ccc(CCC(=O)N2CCO[C@@H](C)C2)cc1OC. The number of benzene rings is 1. The lowest BCUT2D eigenvalue weighted by Crippen LogP contribution is -2.44. The van der Waals surface area contributed by atoms with Crippen molar-refractivity contribution in [1.29, 1.82) is 0 Å². The molecule has 0 unspecified atom stereocenters. The van der Waals surface area contributed by atoms with Crippen molar-refractivity contribution >= 4 is 5.91 Å². The molecule has 0 radical (unpaired) electrons. The van der Waals surface area contributed by atoms with E-state index in [-0.39, 0.29) is 12.0 Å². The number of carbonyl (C=O) groups is 1. The van der Waals surface area contributed by atoms with Crippen molar-refractivity contribution in [3.05, 3.63) is 23.8 Å². The van der Waals surface area contributed by atoms with Crippen LogP contribution in [0.4, 0.5) is 0 Å². The van der Waals surface area contributed by atoms with Crippen LogP contribution in [0.5, 0.6) is 11.5 Å². The fourth-order valence-corrected chi connectivity index (χ4v) is 2.49. The number of morpholine rings is 1. The summed E-state index contributed by atoms with van der Waals surface area (Å²) in [5, 5.41) is 0. The largest absolute Gasteiger partial charge is 0.493 e. The minimum absolute atomic E-state index is 0.129. The van der Waals surface area contributed by atoms with Gasteiger partial charge in [-0.15, -0.1) is 0 Å². The van der Waals surface area contributed by atoms with E-state index in [2.05, 4.69) is 0 Å². The molecule has 1 aliphatic rings. The predicted octanol–water partition coefficient (Wildman–Crippen LogP) is 1.88. The van der Waals surface area contributed by atoms with E-state index in [9.17, 15) is 4.79 Å². The topological polar surface area (TPSA) is 48.0 Å². The Kier molecular flexibility index (Phi) is 5.44. The standard InChI is InChI=1S/C16H23NO4/c1-12-11-17(8-9-21-12)16(18)7-5-13-4-6-14(19-2)15(10-13)20-3/h4,6,10,12H,5,7-9,11H2,1-3H3/t12-/m0/s1. The molecule has 1 saturated heterocycles. The fourth-order valence-electron chi connectivity index (χ4n) is 2.49. The molecule has 116 valence electrons. The van der Waals surface area contributed by atoms with Crippen molar-refractivity contribution in [1.82, 2.24) is 4.90 Å². The number of hydrogen-bond acceptors (Lipinski definition) is 4. The molecule has 1 amide bonds. The van der Waals surface area contributed by atoms with Crippen molar-refractivity contribution in [2.45, 2.75) is 25.9 Å². The minimum Gasteiger partial charge on any atom is -0.493 e. The Morgan fingerprint density at radius 1 is 1.33 bits per heavy atom. The van der Waals surface area contributed by atoms with Gasteiger partial charge in [0.25, 0.3) is 0 Å². The van der Waals surface area contributed by atoms with Gasteiger partial charge in [0.1, 0.15) is 0 Å². The molecule has 0 spiro atoms. The Balaban J connectivity index is 1.91. The van der Waals surface area contributed by atoms with Gasteiger partial charge in [0.05, 0.1) is 26.9 Å². The lowest BCUT2D eigenvalue weighted by atomic mass is 10.1. The molecular weight excluding hydrogens is 270 g/mol. The Bertz CT molecular complexity index is 489. The minimum atomic E-state index is 0.129. The van der Waals surface area contributed by atoms with E-state index in [0.717, 1.165) is 5.56 Å². The second-order valence-corrected chi connectivity index (χ2v) is 5.21. The van der Waals surface area contributed by atoms with Crippen LogP contribution in [0.15, 0.2) is 18.2 Å². The van der Waals surface area contributed by atoms with Crippen LogP contribution in [0.2, 0.25) is 0 Å². The highest BCUT2D eigenvalue weighted by Gasteiger charge is 2.21. The highest BCUT2D eigenvalue weighted by atomic mass is 16.5. The summed E-state index contributed by atoms with van der Waals surface area (Å²) in [6, 6.07) is 5.76. The molecule has 5 heteroatoms. The Hall–Kier alpha value is -1.75. The maximum absolute atomic E-state index is 12.2. The van der Waals surface area contributed by atoms with Crippen LogP contribution in [-0.4, -0.2) is 50.8 Å². The van der Waals surface area contributed by atoms with Gasteiger partial charge < -0.3 is 19.1 Å². The maximum Gasteiger partial charge on any atom is 0.223 e. The van der Waals surface area contributed by atoms with E-state index in [0.29, 0.717) is 44.0 Å². The molecule has 1 aromatic carbocycles. The molecule has 1 aromatic rings.